The number of esters is 3. The summed E-state index contributed by atoms with van der Waals surface area (Å²) in [5.41, 5.74) is 0.111. The molecule has 4 fully saturated rings. The van der Waals surface area contributed by atoms with Crippen LogP contribution in [-0.4, -0.2) is 176 Å². The van der Waals surface area contributed by atoms with Gasteiger partial charge in [-0.1, -0.05) is 26.0 Å². The molecule has 0 aromatic heterocycles. The Morgan fingerprint density at radius 2 is 1.39 bits per heavy atom. The molecule has 9 N–H and O–H groups in total. The molecule has 3 saturated heterocycles. The van der Waals surface area contributed by atoms with Gasteiger partial charge in [-0.25, -0.2) is 9.59 Å². The highest BCUT2D eigenvalue weighted by Gasteiger charge is 2.51. The summed E-state index contributed by atoms with van der Waals surface area (Å²) in [5, 5.41) is 91.0. The van der Waals surface area contributed by atoms with E-state index in [4.69, 9.17) is 42.6 Å². The molecule has 0 aromatic carbocycles. The van der Waals surface area contributed by atoms with Crippen LogP contribution in [0.3, 0.4) is 0 Å². The van der Waals surface area contributed by atoms with Gasteiger partial charge in [-0.2, -0.15) is 0 Å². The summed E-state index contributed by atoms with van der Waals surface area (Å²) in [4.78, 5) is 53.1. The second-order valence-electron chi connectivity index (χ2n) is 16.9. The first-order valence-corrected chi connectivity index (χ1v) is 21.1. The SMILES string of the molecule is C/C=C1\C(O[C@@H]2O[C@H](CO)[C@@H](O)[C@H](O)[C@H]2O)OC=C(C(=O)O)C1CC(=O)OCC(C)C1CC2OC(=O)C3=COC(O[C@@H]4O[C@H](CO)[C@@H](O)[C@H](O)[C@H]4O)/C(=C\C)C3CC(=O)OCC1C2C. The number of aliphatic hydroxyl groups excluding tert-OH is 8. The van der Waals surface area contributed by atoms with Gasteiger partial charge in [-0.3, -0.25) is 9.59 Å². The number of aliphatic hydroxyl groups is 8. The van der Waals surface area contributed by atoms with Crippen molar-refractivity contribution in [3.8, 4) is 0 Å². The molecular formula is C42H58O22. The number of carbonyl (C=O) groups excluding carboxylic acids is 3. The molecular weight excluding hydrogens is 856 g/mol. The Balaban J connectivity index is 1.10. The minimum Gasteiger partial charge on any atom is -0.478 e. The Bertz CT molecular complexity index is 1820. The topological polar surface area (TPSA) is 333 Å². The molecule has 64 heavy (non-hydrogen) atoms. The lowest BCUT2D eigenvalue weighted by Crippen LogP contribution is -2.60. The lowest BCUT2D eigenvalue weighted by Gasteiger charge is -2.42. The number of carboxylic acids is 1. The van der Waals surface area contributed by atoms with Crippen LogP contribution in [0.4, 0.5) is 0 Å². The van der Waals surface area contributed by atoms with Crippen molar-refractivity contribution in [2.24, 2.45) is 35.5 Å². The molecule has 1 aliphatic carbocycles. The summed E-state index contributed by atoms with van der Waals surface area (Å²) in [7, 11) is 0. The van der Waals surface area contributed by atoms with Crippen molar-refractivity contribution in [3.63, 3.8) is 0 Å². The second-order valence-corrected chi connectivity index (χ2v) is 16.9. The van der Waals surface area contributed by atoms with E-state index in [0.29, 0.717) is 6.42 Å². The predicted molar refractivity (Wildman–Crippen MR) is 209 cm³/mol. The molecule has 19 atom stereocenters. The first-order chi connectivity index (χ1) is 30.4. The predicted octanol–water partition coefficient (Wildman–Crippen LogP) is -1.99. The molecule has 5 aliphatic heterocycles. The largest absolute Gasteiger partial charge is 0.478 e. The molecule has 2 bridgehead atoms. The maximum Gasteiger partial charge on any atom is 0.338 e. The third-order valence-corrected chi connectivity index (χ3v) is 13.1. The summed E-state index contributed by atoms with van der Waals surface area (Å²) in [6.07, 6.45) is -15.0. The van der Waals surface area contributed by atoms with Crippen molar-refractivity contribution < 1.29 is 108 Å². The first kappa shape index (κ1) is 49.4. The third-order valence-electron chi connectivity index (χ3n) is 13.1. The standard InChI is InChI=1S/C42H58O22/c1-5-18-21(24(37(53)54)14-58-39(18)63-41-35(51)33(49)31(47)27(10-43)61-41)8-29(45)56-12-16(3)20-7-26-17(4)23(20)13-57-30(46)9-22-19(6-2)40(59-15-25(22)38(55)60-26)64-42-36(52)34(50)32(48)28(11-44)62-42/h5-6,14-17,20-23,26-28,31-36,39-44,47-52H,7-13H2,1-4H3,(H,53,54)/b18-5-,19-6-/t16?,17?,20?,21?,22?,23?,26?,27-,28-,31-,32-,33+,34+,35-,36-,39?,40?,41+,42+/m1/s1. The van der Waals surface area contributed by atoms with E-state index in [1.54, 1.807) is 19.9 Å². The summed E-state index contributed by atoms with van der Waals surface area (Å²) in [6.45, 7) is 5.20. The van der Waals surface area contributed by atoms with Crippen LogP contribution in [0.25, 0.3) is 0 Å². The molecule has 22 heteroatoms. The Kier molecular flexibility index (Phi) is 16.3. The van der Waals surface area contributed by atoms with Crippen LogP contribution in [0.5, 0.6) is 0 Å². The van der Waals surface area contributed by atoms with Gasteiger partial charge in [0.1, 0.15) is 54.9 Å². The van der Waals surface area contributed by atoms with Gasteiger partial charge in [0, 0.05) is 28.9 Å². The highest BCUT2D eigenvalue weighted by molar-refractivity contribution is 5.91. The molecule has 5 heterocycles. The van der Waals surface area contributed by atoms with Gasteiger partial charge in [-0.15, -0.1) is 0 Å². The number of carbonyl (C=O) groups is 4. The molecule has 1 saturated carbocycles. The number of fused-ring (bicyclic) bond motifs is 3. The van der Waals surface area contributed by atoms with E-state index in [1.165, 1.54) is 6.08 Å². The fourth-order valence-corrected chi connectivity index (χ4v) is 9.23. The number of cyclic esters (lactones) is 1. The van der Waals surface area contributed by atoms with Gasteiger partial charge in [0.05, 0.1) is 62.9 Å². The molecule has 9 unspecified atom stereocenters. The lowest BCUT2D eigenvalue weighted by atomic mass is 9.83. The number of ether oxygens (including phenoxy) is 9. The molecule has 0 amide bonds. The maximum atomic E-state index is 13.9. The molecule has 6 rings (SSSR count). The summed E-state index contributed by atoms with van der Waals surface area (Å²) in [5.74, 6) is -7.06. The number of carboxylic acid groups (broad SMARTS) is 1. The highest BCUT2D eigenvalue weighted by atomic mass is 16.8. The molecule has 358 valence electrons. The van der Waals surface area contributed by atoms with Gasteiger partial charge in [0.25, 0.3) is 0 Å². The van der Waals surface area contributed by atoms with Gasteiger partial charge < -0.3 is 88.6 Å². The van der Waals surface area contributed by atoms with Crippen LogP contribution in [0.1, 0.15) is 47.0 Å². The monoisotopic (exact) mass is 914 g/mol. The van der Waals surface area contributed by atoms with E-state index in [1.807, 2.05) is 13.8 Å². The van der Waals surface area contributed by atoms with Gasteiger partial charge >= 0.3 is 23.9 Å². The smallest absolute Gasteiger partial charge is 0.338 e. The zero-order valence-electron chi connectivity index (χ0n) is 35.6. The van der Waals surface area contributed by atoms with Gasteiger partial charge in [0.15, 0.2) is 12.6 Å². The number of rotatable bonds is 12. The summed E-state index contributed by atoms with van der Waals surface area (Å²) < 4.78 is 51.3. The summed E-state index contributed by atoms with van der Waals surface area (Å²) in [6, 6.07) is 0. The van der Waals surface area contributed by atoms with E-state index in [2.05, 4.69) is 0 Å². The minimum absolute atomic E-state index is 0.0148. The third kappa shape index (κ3) is 10.2. The van der Waals surface area contributed by atoms with E-state index < -0.39 is 135 Å². The average Bonchev–Trinajstić information content (AvgIpc) is 3.57. The first-order valence-electron chi connectivity index (χ1n) is 21.1. The van der Waals surface area contributed by atoms with Crippen LogP contribution < -0.4 is 0 Å². The summed E-state index contributed by atoms with van der Waals surface area (Å²) >= 11 is 0. The average molecular weight is 915 g/mol. The Morgan fingerprint density at radius 1 is 0.828 bits per heavy atom. The van der Waals surface area contributed by atoms with Gasteiger partial charge in [-0.05, 0) is 38.0 Å². The Hall–Kier alpha value is -4.04. The molecule has 0 spiro atoms. The van der Waals surface area contributed by atoms with Crippen molar-refractivity contribution in [2.45, 2.75) is 127 Å². The molecule has 0 aromatic rings. The van der Waals surface area contributed by atoms with E-state index >= 15 is 0 Å². The fraction of sp³-hybridized carbons (Fsp3) is 0.714. The van der Waals surface area contributed by atoms with Gasteiger partial charge in [0.2, 0.25) is 12.6 Å². The van der Waals surface area contributed by atoms with E-state index in [0.717, 1.165) is 12.5 Å². The quantitative estimate of drug-likeness (QED) is 0.0581. The zero-order chi connectivity index (χ0) is 46.7. The van der Waals surface area contributed by atoms with Crippen LogP contribution in [0.2, 0.25) is 0 Å². The van der Waals surface area contributed by atoms with Crippen LogP contribution in [0.15, 0.2) is 47.0 Å². The van der Waals surface area contributed by atoms with Crippen molar-refractivity contribution >= 4 is 23.9 Å². The number of hydrogen-bond donors (Lipinski definition) is 9. The number of allylic oxidation sites excluding steroid dienone is 2. The fourth-order valence-electron chi connectivity index (χ4n) is 9.23. The molecule has 6 aliphatic rings. The number of aliphatic carboxylic acids is 1. The van der Waals surface area contributed by atoms with Crippen molar-refractivity contribution in [1.29, 1.82) is 0 Å². The Labute approximate surface area is 367 Å². The zero-order valence-corrected chi connectivity index (χ0v) is 35.6. The molecule has 22 nitrogen and oxygen atoms in total. The second kappa shape index (κ2) is 21.1. The molecule has 0 radical (unpaired) electrons. The minimum atomic E-state index is -1.78. The van der Waals surface area contributed by atoms with Crippen molar-refractivity contribution in [2.75, 3.05) is 26.4 Å². The van der Waals surface area contributed by atoms with Crippen LogP contribution in [-0.2, 0) is 61.8 Å². The Morgan fingerprint density at radius 3 is 1.94 bits per heavy atom. The van der Waals surface area contributed by atoms with Crippen molar-refractivity contribution in [1.82, 2.24) is 0 Å². The van der Waals surface area contributed by atoms with E-state index in [9.17, 15) is 65.1 Å². The van der Waals surface area contributed by atoms with Crippen molar-refractivity contribution in [3.05, 3.63) is 47.0 Å². The lowest BCUT2D eigenvalue weighted by molar-refractivity contribution is -0.327. The van der Waals surface area contributed by atoms with Crippen LogP contribution >= 0.6 is 0 Å². The normalized spacial score (nSPS) is 42.1. The van der Waals surface area contributed by atoms with E-state index in [-0.39, 0.29) is 65.6 Å². The highest BCUT2D eigenvalue weighted by Crippen LogP contribution is 2.45. The maximum absolute atomic E-state index is 13.9. The van der Waals surface area contributed by atoms with Crippen LogP contribution in [0, 0.1) is 35.5 Å². The number of hydrogen-bond acceptors (Lipinski definition) is 21.